The molecule has 0 saturated carbocycles. The zero-order valence-corrected chi connectivity index (χ0v) is 50.8. The predicted molar refractivity (Wildman–Crippen MR) is 292 cm³/mol. The van der Waals surface area contributed by atoms with E-state index in [2.05, 4.69) is 29.6 Å². The van der Waals surface area contributed by atoms with E-state index in [1.165, 1.54) is 0 Å². The van der Waals surface area contributed by atoms with E-state index in [-0.39, 0.29) is 0 Å². The third-order valence-electron chi connectivity index (χ3n) is 11.6. The molecular formula is C48H106N6O12Si4. The molecule has 0 aromatic rings. The smallest absolute Gasteiger partial charge is 0.374 e. The first kappa shape index (κ1) is 67.3. The van der Waals surface area contributed by atoms with Crippen molar-refractivity contribution in [3.8, 4) is 0 Å². The van der Waals surface area contributed by atoms with Crippen LogP contribution in [0.5, 0.6) is 0 Å². The van der Waals surface area contributed by atoms with Crippen molar-refractivity contribution in [3.63, 3.8) is 0 Å². The summed E-state index contributed by atoms with van der Waals surface area (Å²) < 4.78 is 72.7. The molecule has 0 unspecified atom stereocenters. The Balaban J connectivity index is 0.000000700. The van der Waals surface area contributed by atoms with Crippen LogP contribution in [-0.4, -0.2) is 225 Å². The molecule has 0 N–H and O–H groups in total. The van der Waals surface area contributed by atoms with Crippen molar-refractivity contribution >= 4 is 47.9 Å². The van der Waals surface area contributed by atoms with Gasteiger partial charge in [0, 0.05) is 130 Å². The number of hydrogen-bond acceptors (Lipinski definition) is 18. The largest absolute Gasteiger partial charge is 0.500 e. The van der Waals surface area contributed by atoms with Gasteiger partial charge in [0.1, 0.15) is 0 Å². The van der Waals surface area contributed by atoms with Crippen molar-refractivity contribution in [2.75, 3.05) is 158 Å². The molecule has 70 heavy (non-hydrogen) atoms. The second-order valence-electron chi connectivity index (χ2n) is 16.8. The molecule has 0 spiro atoms. The highest BCUT2D eigenvalue weighted by Gasteiger charge is 2.43. The predicted octanol–water partition coefficient (Wildman–Crippen LogP) is 7.80. The van der Waals surface area contributed by atoms with Crippen LogP contribution in [0, 0.1) is 0 Å². The minimum Gasteiger partial charge on any atom is -0.374 e. The Hall–Kier alpha value is -0.752. The van der Waals surface area contributed by atoms with Gasteiger partial charge in [-0.2, -0.15) is 0 Å². The Labute approximate surface area is 432 Å². The lowest BCUT2D eigenvalue weighted by atomic mass is 10.3. The van der Waals surface area contributed by atoms with Crippen LogP contribution in [0.15, 0.2) is 9.98 Å². The van der Waals surface area contributed by atoms with Crippen LogP contribution in [0.3, 0.4) is 0 Å². The summed E-state index contributed by atoms with van der Waals surface area (Å²) in [4.78, 5) is 18.4. The van der Waals surface area contributed by atoms with Crippen LogP contribution in [0.2, 0.25) is 24.2 Å². The number of nitrogens with zero attached hydrogens (tertiary/aromatic N) is 6. The van der Waals surface area contributed by atoms with E-state index in [0.29, 0.717) is 79.3 Å². The standard InChI is InChI=1S/2C24H53N3O6Si2/c2*1-7-28-34(29-8-2,30-9-3)22-14-19-26(17-13-18-27-21-16-25-24-27)20-15-23-35(31-10-4,32-11-5)33-12-6/h2*24H,7-23H2,1-6H3. The van der Waals surface area contributed by atoms with E-state index >= 15 is 0 Å². The van der Waals surface area contributed by atoms with E-state index in [1.54, 1.807) is 0 Å². The number of aliphatic imine (C=N–C) groups is 2. The molecule has 0 aromatic heterocycles. The fourth-order valence-electron chi connectivity index (χ4n) is 8.92. The number of hydrogen-bond donors (Lipinski definition) is 0. The van der Waals surface area contributed by atoms with Gasteiger partial charge in [-0.3, -0.25) is 9.98 Å². The molecule has 2 aliphatic rings. The SMILES string of the molecule is CCO[Si](CCCN(CCCN1C=NCC1)CCC[Si](OCC)(OCC)OCC)(OCC)OCC.CCO[Si](CCCN(CCCN1C=NCC1)CCC[Si](OCC)(OCC)OCC)(OCC)OCC. The second-order valence-corrected chi connectivity index (χ2v) is 27.8. The van der Waals surface area contributed by atoms with Gasteiger partial charge in [0.05, 0.1) is 25.8 Å². The summed E-state index contributed by atoms with van der Waals surface area (Å²) in [5.41, 5.74) is 0. The molecule has 2 rings (SSSR count). The molecule has 2 heterocycles. The maximum absolute atomic E-state index is 6.06. The first-order valence-electron chi connectivity index (χ1n) is 27.6. The van der Waals surface area contributed by atoms with Crippen molar-refractivity contribution in [3.05, 3.63) is 0 Å². The highest BCUT2D eigenvalue weighted by atomic mass is 28.4. The fourth-order valence-corrected chi connectivity index (χ4v) is 19.3. The molecule has 0 saturated heterocycles. The zero-order valence-electron chi connectivity index (χ0n) is 46.8. The van der Waals surface area contributed by atoms with Crippen LogP contribution in [-0.2, 0) is 53.1 Å². The molecule has 416 valence electrons. The van der Waals surface area contributed by atoms with Gasteiger partial charge in [-0.05, 0) is 161 Å². The molecule has 0 bridgehead atoms. The van der Waals surface area contributed by atoms with Crippen LogP contribution in [0.25, 0.3) is 0 Å². The van der Waals surface area contributed by atoms with Crippen LogP contribution in [0.4, 0.5) is 0 Å². The van der Waals surface area contributed by atoms with E-state index in [4.69, 9.17) is 53.1 Å². The van der Waals surface area contributed by atoms with E-state index in [1.807, 2.05) is 95.8 Å². The maximum Gasteiger partial charge on any atom is 0.500 e. The molecule has 0 radical (unpaired) electrons. The summed E-state index contributed by atoms with van der Waals surface area (Å²) in [5.74, 6) is 0. The lowest BCUT2D eigenvalue weighted by molar-refractivity contribution is 0.0676. The quantitative estimate of drug-likeness (QED) is 0.0546. The highest BCUT2D eigenvalue weighted by Crippen LogP contribution is 2.23. The highest BCUT2D eigenvalue weighted by molar-refractivity contribution is 6.61. The van der Waals surface area contributed by atoms with Crippen LogP contribution < -0.4 is 0 Å². The average Bonchev–Trinajstić information content (AvgIpc) is 4.06. The Morgan fingerprint density at radius 3 is 0.700 bits per heavy atom. The molecule has 18 nitrogen and oxygen atoms in total. The summed E-state index contributed by atoms with van der Waals surface area (Å²) in [6.07, 6.45) is 10.2. The van der Waals surface area contributed by atoms with Gasteiger partial charge in [-0.1, -0.05) is 0 Å². The van der Waals surface area contributed by atoms with E-state index in [0.717, 1.165) is 141 Å². The van der Waals surface area contributed by atoms with Gasteiger partial charge in [0.2, 0.25) is 0 Å². The molecule has 0 amide bonds. The van der Waals surface area contributed by atoms with Gasteiger partial charge < -0.3 is 72.7 Å². The molecule has 0 atom stereocenters. The van der Waals surface area contributed by atoms with Crippen molar-refractivity contribution in [1.82, 2.24) is 19.6 Å². The van der Waals surface area contributed by atoms with Crippen LogP contribution >= 0.6 is 0 Å². The monoisotopic (exact) mass is 1070 g/mol. The minimum absolute atomic E-state index is 0.617. The van der Waals surface area contributed by atoms with Crippen molar-refractivity contribution in [2.24, 2.45) is 9.98 Å². The Bertz CT molecular complexity index is 1050. The normalized spacial score (nSPS) is 14.5. The topological polar surface area (TPSA) is 148 Å². The van der Waals surface area contributed by atoms with Gasteiger partial charge in [-0.25, -0.2) is 0 Å². The van der Waals surface area contributed by atoms with Gasteiger partial charge in [0.15, 0.2) is 0 Å². The lowest BCUT2D eigenvalue weighted by Gasteiger charge is -2.31. The van der Waals surface area contributed by atoms with Crippen molar-refractivity contribution in [2.45, 2.75) is 146 Å². The molecule has 0 aromatic carbocycles. The van der Waals surface area contributed by atoms with E-state index in [9.17, 15) is 0 Å². The third kappa shape index (κ3) is 28.8. The molecule has 0 fully saturated rings. The zero-order chi connectivity index (χ0) is 51.7. The summed E-state index contributed by atoms with van der Waals surface area (Å²) in [7, 11) is -10.5. The van der Waals surface area contributed by atoms with Gasteiger partial charge in [-0.15, -0.1) is 0 Å². The maximum atomic E-state index is 6.06. The van der Waals surface area contributed by atoms with Gasteiger partial charge in [0.25, 0.3) is 0 Å². The summed E-state index contributed by atoms with van der Waals surface area (Å²) in [5, 5.41) is 0. The number of rotatable bonds is 48. The van der Waals surface area contributed by atoms with Crippen LogP contribution in [0.1, 0.15) is 122 Å². The lowest BCUT2D eigenvalue weighted by Crippen LogP contribution is -2.47. The summed E-state index contributed by atoms with van der Waals surface area (Å²) in [6.45, 7) is 43.6. The fraction of sp³-hybridized carbons (Fsp3) is 0.958. The first-order valence-corrected chi connectivity index (χ1v) is 35.4. The van der Waals surface area contributed by atoms with Gasteiger partial charge >= 0.3 is 35.2 Å². The Morgan fingerprint density at radius 2 is 0.529 bits per heavy atom. The first-order chi connectivity index (χ1) is 34.0. The second kappa shape index (κ2) is 42.5. The molecular weight excluding hydrogens is 965 g/mol. The van der Waals surface area contributed by atoms with E-state index < -0.39 is 35.2 Å². The Morgan fingerprint density at radius 1 is 0.329 bits per heavy atom. The average molecular weight is 1070 g/mol. The molecule has 22 heteroatoms. The minimum atomic E-state index is -2.61. The summed E-state index contributed by atoms with van der Waals surface area (Å²) >= 11 is 0. The van der Waals surface area contributed by atoms with Crippen molar-refractivity contribution in [1.29, 1.82) is 0 Å². The molecule has 0 aliphatic carbocycles. The summed E-state index contributed by atoms with van der Waals surface area (Å²) in [6, 6.07) is 3.36. The third-order valence-corrected chi connectivity index (χ3v) is 24.2. The molecule has 2 aliphatic heterocycles. The van der Waals surface area contributed by atoms with Crippen molar-refractivity contribution < 1.29 is 53.1 Å². The Kier molecular flexibility index (Phi) is 40.8.